The maximum absolute atomic E-state index is 13.2. The lowest BCUT2D eigenvalue weighted by atomic mass is 9.82. The average molecular weight is 437 g/mol. The maximum atomic E-state index is 13.2. The van der Waals surface area contributed by atoms with Crippen molar-refractivity contribution in [1.29, 1.82) is 0 Å². The SMILES string of the molecule is Cc1ccccc1NC(=O)c1c(NC(=O)C2C3C=CC(C3)C2C(=O)O)sc2c1CCC2. The number of carboxylic acid groups (broad SMARTS) is 1. The van der Waals surface area contributed by atoms with Crippen LogP contribution in [-0.2, 0) is 22.4 Å². The van der Waals surface area contributed by atoms with Crippen LogP contribution in [0.4, 0.5) is 10.7 Å². The van der Waals surface area contributed by atoms with Crippen LogP contribution in [0.25, 0.3) is 0 Å². The first kappa shape index (κ1) is 20.0. The molecule has 0 saturated heterocycles. The van der Waals surface area contributed by atoms with Gasteiger partial charge in [0.05, 0.1) is 17.4 Å². The number of hydrogen-bond acceptors (Lipinski definition) is 4. The van der Waals surface area contributed by atoms with Gasteiger partial charge >= 0.3 is 5.97 Å². The van der Waals surface area contributed by atoms with Crippen molar-refractivity contribution in [2.24, 2.45) is 23.7 Å². The summed E-state index contributed by atoms with van der Waals surface area (Å²) in [7, 11) is 0. The van der Waals surface area contributed by atoms with Gasteiger partial charge in [0, 0.05) is 10.6 Å². The number of fused-ring (bicyclic) bond motifs is 3. The summed E-state index contributed by atoms with van der Waals surface area (Å²) in [4.78, 5) is 39.4. The average Bonchev–Trinajstić information content (AvgIpc) is 3.49. The summed E-state index contributed by atoms with van der Waals surface area (Å²) in [6, 6.07) is 7.59. The number of amides is 2. The molecule has 3 aliphatic rings. The van der Waals surface area contributed by atoms with Crippen LogP contribution >= 0.6 is 11.3 Å². The minimum Gasteiger partial charge on any atom is -0.481 e. The number of aryl methyl sites for hydroxylation is 2. The number of hydrogen-bond donors (Lipinski definition) is 3. The lowest BCUT2D eigenvalue weighted by Crippen LogP contribution is -2.36. The van der Waals surface area contributed by atoms with Gasteiger partial charge in [-0.3, -0.25) is 14.4 Å². The van der Waals surface area contributed by atoms with Gasteiger partial charge in [0.15, 0.2) is 0 Å². The fourth-order valence-electron chi connectivity index (χ4n) is 5.34. The fourth-order valence-corrected chi connectivity index (χ4v) is 6.63. The van der Waals surface area contributed by atoms with E-state index >= 15 is 0 Å². The molecule has 7 heteroatoms. The van der Waals surface area contributed by atoms with Crippen LogP contribution in [0.3, 0.4) is 0 Å². The summed E-state index contributed by atoms with van der Waals surface area (Å²) in [5.74, 6) is -2.90. The van der Waals surface area contributed by atoms with E-state index in [4.69, 9.17) is 0 Å². The molecule has 4 atom stereocenters. The predicted molar refractivity (Wildman–Crippen MR) is 119 cm³/mol. The van der Waals surface area contributed by atoms with Gasteiger partial charge < -0.3 is 15.7 Å². The van der Waals surface area contributed by atoms with Gasteiger partial charge in [-0.05, 0) is 61.6 Å². The topological polar surface area (TPSA) is 95.5 Å². The number of thiophene rings is 1. The minimum atomic E-state index is -0.928. The monoisotopic (exact) mass is 436 g/mol. The summed E-state index contributed by atoms with van der Waals surface area (Å²) in [6.45, 7) is 1.94. The first-order valence-electron chi connectivity index (χ1n) is 10.7. The summed E-state index contributed by atoms with van der Waals surface area (Å²) in [5, 5.41) is 16.2. The Balaban J connectivity index is 1.43. The highest BCUT2D eigenvalue weighted by molar-refractivity contribution is 7.17. The molecule has 0 radical (unpaired) electrons. The number of carbonyl (C=O) groups excluding carboxylic acids is 2. The Morgan fingerprint density at radius 3 is 2.52 bits per heavy atom. The molecule has 5 rings (SSSR count). The number of para-hydroxylation sites is 1. The highest BCUT2D eigenvalue weighted by atomic mass is 32.1. The van der Waals surface area contributed by atoms with Crippen molar-refractivity contribution >= 4 is 39.8 Å². The minimum absolute atomic E-state index is 0.0536. The Hall–Kier alpha value is -2.93. The number of benzene rings is 1. The van der Waals surface area contributed by atoms with Crippen LogP contribution in [0.5, 0.6) is 0 Å². The molecule has 3 aliphatic carbocycles. The van der Waals surface area contributed by atoms with Crippen molar-refractivity contribution in [1.82, 2.24) is 0 Å². The van der Waals surface area contributed by atoms with Crippen LogP contribution in [0.1, 0.15) is 39.2 Å². The zero-order valence-electron chi connectivity index (χ0n) is 17.2. The molecular formula is C24H24N2O4S. The number of carbonyl (C=O) groups is 3. The molecule has 1 fully saturated rings. The van der Waals surface area contributed by atoms with Crippen LogP contribution in [0, 0.1) is 30.6 Å². The van der Waals surface area contributed by atoms with E-state index in [0.717, 1.165) is 41.0 Å². The molecule has 1 heterocycles. The molecule has 31 heavy (non-hydrogen) atoms. The summed E-state index contributed by atoms with van der Waals surface area (Å²) in [6.07, 6.45) is 7.31. The molecule has 4 unspecified atom stereocenters. The number of nitrogens with one attached hydrogen (secondary N) is 2. The van der Waals surface area contributed by atoms with E-state index in [1.54, 1.807) is 0 Å². The molecule has 1 aromatic heterocycles. The van der Waals surface area contributed by atoms with E-state index in [2.05, 4.69) is 10.6 Å². The quantitative estimate of drug-likeness (QED) is 0.611. The van der Waals surface area contributed by atoms with Gasteiger partial charge in [0.25, 0.3) is 5.91 Å². The Morgan fingerprint density at radius 2 is 1.77 bits per heavy atom. The van der Waals surface area contributed by atoms with Crippen molar-refractivity contribution in [2.75, 3.05) is 10.6 Å². The van der Waals surface area contributed by atoms with Crippen molar-refractivity contribution in [3.8, 4) is 0 Å². The predicted octanol–water partition coefficient (Wildman–Crippen LogP) is 4.26. The van der Waals surface area contributed by atoms with Crippen LogP contribution in [0.2, 0.25) is 0 Å². The Morgan fingerprint density at radius 1 is 1.03 bits per heavy atom. The first-order chi connectivity index (χ1) is 14.9. The summed E-state index contributed by atoms with van der Waals surface area (Å²) in [5.41, 5.74) is 3.24. The fraction of sp³-hybridized carbons (Fsp3) is 0.375. The molecule has 1 saturated carbocycles. The second-order valence-electron chi connectivity index (χ2n) is 8.66. The third kappa shape index (κ3) is 3.37. The second-order valence-corrected chi connectivity index (χ2v) is 9.76. The van der Waals surface area contributed by atoms with Crippen LogP contribution in [0.15, 0.2) is 36.4 Å². The molecule has 6 nitrogen and oxygen atoms in total. The van der Waals surface area contributed by atoms with E-state index in [-0.39, 0.29) is 23.7 Å². The second kappa shape index (κ2) is 7.64. The van der Waals surface area contributed by atoms with Crippen molar-refractivity contribution in [3.63, 3.8) is 0 Å². The molecule has 2 amide bonds. The number of aliphatic carboxylic acids is 1. The number of allylic oxidation sites excluding steroid dienone is 2. The molecule has 3 N–H and O–H groups in total. The normalized spacial score (nSPS) is 25.5. The zero-order valence-corrected chi connectivity index (χ0v) is 18.0. The largest absolute Gasteiger partial charge is 0.481 e. The maximum Gasteiger partial charge on any atom is 0.307 e. The van der Waals surface area contributed by atoms with E-state index in [1.807, 2.05) is 43.3 Å². The molecule has 0 spiro atoms. The third-order valence-corrected chi connectivity index (χ3v) is 8.03. The van der Waals surface area contributed by atoms with Crippen molar-refractivity contribution in [2.45, 2.75) is 32.6 Å². The molecule has 160 valence electrons. The van der Waals surface area contributed by atoms with E-state index in [0.29, 0.717) is 17.0 Å². The first-order valence-corrected chi connectivity index (χ1v) is 11.5. The van der Waals surface area contributed by atoms with E-state index in [1.165, 1.54) is 11.3 Å². The standard InChI is InChI=1S/C24H24N2O4S/c1-12-5-2-3-7-16(12)25-22(28)20-15-6-4-8-17(15)31-23(20)26-21(27)18-13-9-10-14(11-13)19(18)24(29)30/h2-3,5,7,9-10,13-14,18-19H,4,6,8,11H2,1H3,(H,25,28)(H,26,27)(H,29,30). The number of rotatable bonds is 5. The molecule has 0 aliphatic heterocycles. The highest BCUT2D eigenvalue weighted by Crippen LogP contribution is 2.49. The van der Waals surface area contributed by atoms with Crippen LogP contribution in [-0.4, -0.2) is 22.9 Å². The van der Waals surface area contributed by atoms with Crippen molar-refractivity contribution < 1.29 is 19.5 Å². The number of anilines is 2. The van der Waals surface area contributed by atoms with Crippen LogP contribution < -0.4 is 10.6 Å². The van der Waals surface area contributed by atoms with Gasteiger partial charge in [-0.1, -0.05) is 30.4 Å². The molecule has 2 bridgehead atoms. The lowest BCUT2D eigenvalue weighted by Gasteiger charge is -2.23. The van der Waals surface area contributed by atoms with Gasteiger partial charge in [-0.2, -0.15) is 0 Å². The Kier molecular flexibility index (Phi) is 4.93. The molecular weight excluding hydrogens is 412 g/mol. The lowest BCUT2D eigenvalue weighted by molar-refractivity contribution is -0.146. The summed E-state index contributed by atoms with van der Waals surface area (Å²) >= 11 is 1.45. The van der Waals surface area contributed by atoms with Gasteiger partial charge in [-0.15, -0.1) is 11.3 Å². The van der Waals surface area contributed by atoms with E-state index in [9.17, 15) is 19.5 Å². The summed E-state index contributed by atoms with van der Waals surface area (Å²) < 4.78 is 0. The van der Waals surface area contributed by atoms with E-state index < -0.39 is 17.8 Å². The highest BCUT2D eigenvalue weighted by Gasteiger charge is 2.51. The van der Waals surface area contributed by atoms with Crippen molar-refractivity contribution in [3.05, 3.63) is 58.0 Å². The van der Waals surface area contributed by atoms with Gasteiger partial charge in [0.2, 0.25) is 5.91 Å². The Labute approximate surface area is 184 Å². The smallest absolute Gasteiger partial charge is 0.307 e. The zero-order chi connectivity index (χ0) is 21.7. The molecule has 1 aromatic carbocycles. The number of carboxylic acids is 1. The molecule has 2 aromatic rings. The van der Waals surface area contributed by atoms with Gasteiger partial charge in [0.1, 0.15) is 5.00 Å². The van der Waals surface area contributed by atoms with Gasteiger partial charge in [-0.25, -0.2) is 0 Å². The third-order valence-electron chi connectivity index (χ3n) is 6.83. The Bertz CT molecular complexity index is 1120.